The molecule has 0 saturated heterocycles. The number of aliphatic hydroxyl groups is 2. The van der Waals surface area contributed by atoms with Crippen LogP contribution < -0.4 is 0 Å². The molecule has 0 aliphatic rings. The highest BCUT2D eigenvalue weighted by Crippen LogP contribution is 2.19. The second-order valence-electron chi connectivity index (χ2n) is 2.79. The first-order valence-electron chi connectivity index (χ1n) is 3.99. The first-order chi connectivity index (χ1) is 6.65. The van der Waals surface area contributed by atoms with Crippen LogP contribution in [0, 0.1) is 11.3 Å². The average molecular weight is 257 g/mol. The van der Waals surface area contributed by atoms with Crippen LogP contribution in [0.5, 0.6) is 0 Å². The van der Waals surface area contributed by atoms with Crippen molar-refractivity contribution in [1.29, 1.82) is 5.26 Å². The molecule has 1 rings (SSSR count). The van der Waals surface area contributed by atoms with E-state index in [2.05, 4.69) is 20.9 Å². The van der Waals surface area contributed by atoms with Gasteiger partial charge in [0.15, 0.2) is 0 Å². The van der Waals surface area contributed by atoms with Gasteiger partial charge in [-0.3, -0.25) is 0 Å². The summed E-state index contributed by atoms with van der Waals surface area (Å²) >= 11 is 3.15. The number of hydrogen-bond acceptors (Lipinski definition) is 4. The molecule has 2 atom stereocenters. The Morgan fingerprint density at radius 2 is 2.21 bits per heavy atom. The molecule has 1 heterocycles. The van der Waals surface area contributed by atoms with E-state index in [-0.39, 0.29) is 6.42 Å². The maximum Gasteiger partial charge on any atom is 0.107 e. The van der Waals surface area contributed by atoms with Gasteiger partial charge in [-0.15, -0.1) is 0 Å². The third kappa shape index (κ3) is 2.77. The lowest BCUT2D eigenvalue weighted by Crippen LogP contribution is -2.17. The van der Waals surface area contributed by atoms with Gasteiger partial charge in [-0.2, -0.15) is 5.26 Å². The molecular formula is C9H9BrN2O2. The molecule has 0 fully saturated rings. The summed E-state index contributed by atoms with van der Waals surface area (Å²) in [6, 6.07) is 5.10. The molecule has 5 heteroatoms. The van der Waals surface area contributed by atoms with Crippen LogP contribution in [-0.2, 0) is 0 Å². The fourth-order valence-electron chi connectivity index (χ4n) is 0.990. The topological polar surface area (TPSA) is 77.1 Å². The highest BCUT2D eigenvalue weighted by atomic mass is 79.9. The molecule has 0 aliphatic heterocycles. The van der Waals surface area contributed by atoms with E-state index < -0.39 is 12.2 Å². The van der Waals surface area contributed by atoms with Crippen molar-refractivity contribution in [2.24, 2.45) is 0 Å². The quantitative estimate of drug-likeness (QED) is 0.796. The first-order valence-corrected chi connectivity index (χ1v) is 4.79. The van der Waals surface area contributed by atoms with E-state index in [1.807, 2.05) is 0 Å². The predicted molar refractivity (Wildman–Crippen MR) is 53.1 cm³/mol. The van der Waals surface area contributed by atoms with E-state index in [0.717, 1.165) is 0 Å². The van der Waals surface area contributed by atoms with Crippen LogP contribution in [0.25, 0.3) is 0 Å². The van der Waals surface area contributed by atoms with Crippen LogP contribution in [0.15, 0.2) is 22.9 Å². The number of aromatic nitrogens is 1. The molecule has 1 aromatic heterocycles. The minimum Gasteiger partial charge on any atom is -0.389 e. The number of hydrogen-bond donors (Lipinski definition) is 2. The Hall–Kier alpha value is -0.960. The van der Waals surface area contributed by atoms with Gasteiger partial charge in [-0.05, 0) is 22.0 Å². The average Bonchev–Trinajstić information content (AvgIpc) is 2.18. The Morgan fingerprint density at radius 1 is 1.50 bits per heavy atom. The third-order valence-corrected chi connectivity index (χ3v) is 2.23. The number of halogens is 1. The molecule has 0 aliphatic carbocycles. The fourth-order valence-corrected chi connectivity index (χ4v) is 1.22. The SMILES string of the molecule is N#CCC(O)C(O)c1ccc(Br)nc1. The van der Waals surface area contributed by atoms with E-state index in [9.17, 15) is 10.2 Å². The van der Waals surface area contributed by atoms with E-state index in [1.54, 1.807) is 18.2 Å². The van der Waals surface area contributed by atoms with Crippen molar-refractivity contribution in [2.75, 3.05) is 0 Å². The molecule has 0 amide bonds. The molecule has 0 saturated carbocycles. The minimum atomic E-state index is -1.07. The highest BCUT2D eigenvalue weighted by molar-refractivity contribution is 9.10. The van der Waals surface area contributed by atoms with Crippen molar-refractivity contribution in [3.05, 3.63) is 28.5 Å². The summed E-state index contributed by atoms with van der Waals surface area (Å²) in [4.78, 5) is 3.91. The maximum absolute atomic E-state index is 9.55. The summed E-state index contributed by atoms with van der Waals surface area (Å²) in [7, 11) is 0. The summed E-state index contributed by atoms with van der Waals surface area (Å²) in [6.07, 6.45) is -0.773. The van der Waals surface area contributed by atoms with Crippen LogP contribution in [0.2, 0.25) is 0 Å². The first kappa shape index (κ1) is 11.1. The van der Waals surface area contributed by atoms with Crippen molar-refractivity contribution in [1.82, 2.24) is 4.98 Å². The van der Waals surface area contributed by atoms with Gasteiger partial charge >= 0.3 is 0 Å². The summed E-state index contributed by atoms with van der Waals surface area (Å²) in [5.74, 6) is 0. The molecule has 0 spiro atoms. The molecule has 4 nitrogen and oxygen atoms in total. The second-order valence-corrected chi connectivity index (χ2v) is 3.60. The van der Waals surface area contributed by atoms with E-state index in [0.29, 0.717) is 10.2 Å². The van der Waals surface area contributed by atoms with Crippen LogP contribution in [0.3, 0.4) is 0 Å². The van der Waals surface area contributed by atoms with Crippen molar-refractivity contribution in [3.63, 3.8) is 0 Å². The zero-order valence-corrected chi connectivity index (χ0v) is 8.85. The lowest BCUT2D eigenvalue weighted by Gasteiger charge is -2.14. The molecule has 1 aromatic rings. The summed E-state index contributed by atoms with van der Waals surface area (Å²) in [5.41, 5.74) is 0.496. The molecule has 14 heavy (non-hydrogen) atoms. The fraction of sp³-hybridized carbons (Fsp3) is 0.333. The second kappa shape index (κ2) is 5.05. The Morgan fingerprint density at radius 3 is 2.71 bits per heavy atom. The van der Waals surface area contributed by atoms with Gasteiger partial charge in [0.1, 0.15) is 10.7 Å². The Balaban J connectivity index is 2.74. The van der Waals surface area contributed by atoms with Gasteiger partial charge in [0, 0.05) is 11.8 Å². The zero-order chi connectivity index (χ0) is 10.6. The predicted octanol–water partition coefficient (Wildman–Crippen LogP) is 1.15. The Bertz CT molecular complexity index is 334. The van der Waals surface area contributed by atoms with Crippen molar-refractivity contribution >= 4 is 15.9 Å². The number of nitriles is 1. The molecule has 0 bridgehead atoms. The molecule has 0 radical (unpaired) electrons. The van der Waals surface area contributed by atoms with Gasteiger partial charge in [-0.25, -0.2) is 4.98 Å². The van der Waals surface area contributed by atoms with Crippen LogP contribution in [0.4, 0.5) is 0 Å². The van der Waals surface area contributed by atoms with Crippen molar-refractivity contribution in [3.8, 4) is 6.07 Å². The van der Waals surface area contributed by atoms with E-state index in [1.165, 1.54) is 6.20 Å². The largest absolute Gasteiger partial charge is 0.389 e. The molecule has 74 valence electrons. The lowest BCUT2D eigenvalue weighted by molar-refractivity contribution is 0.0214. The van der Waals surface area contributed by atoms with Gasteiger partial charge in [0.05, 0.1) is 18.6 Å². The lowest BCUT2D eigenvalue weighted by atomic mass is 10.0. The van der Waals surface area contributed by atoms with Crippen LogP contribution >= 0.6 is 15.9 Å². The van der Waals surface area contributed by atoms with Crippen LogP contribution in [-0.4, -0.2) is 21.3 Å². The number of nitrogens with zero attached hydrogens (tertiary/aromatic N) is 2. The smallest absolute Gasteiger partial charge is 0.107 e. The molecular weight excluding hydrogens is 248 g/mol. The normalized spacial score (nSPS) is 14.4. The maximum atomic E-state index is 9.55. The number of pyridine rings is 1. The van der Waals surface area contributed by atoms with Gasteiger partial charge in [-0.1, -0.05) is 6.07 Å². The number of rotatable bonds is 3. The number of aliphatic hydroxyl groups excluding tert-OH is 2. The Labute approximate surface area is 90.0 Å². The summed E-state index contributed by atoms with van der Waals surface area (Å²) in [5, 5.41) is 27.2. The third-order valence-electron chi connectivity index (χ3n) is 1.76. The van der Waals surface area contributed by atoms with Gasteiger partial charge < -0.3 is 10.2 Å². The summed E-state index contributed by atoms with van der Waals surface area (Å²) in [6.45, 7) is 0. The van der Waals surface area contributed by atoms with Gasteiger partial charge in [0.25, 0.3) is 0 Å². The van der Waals surface area contributed by atoms with Crippen molar-refractivity contribution < 1.29 is 10.2 Å². The zero-order valence-electron chi connectivity index (χ0n) is 7.26. The molecule has 0 aromatic carbocycles. The van der Waals surface area contributed by atoms with Crippen LogP contribution in [0.1, 0.15) is 18.1 Å². The summed E-state index contributed by atoms with van der Waals surface area (Å²) < 4.78 is 0.656. The monoisotopic (exact) mass is 256 g/mol. The van der Waals surface area contributed by atoms with Crippen molar-refractivity contribution in [2.45, 2.75) is 18.6 Å². The highest BCUT2D eigenvalue weighted by Gasteiger charge is 2.17. The van der Waals surface area contributed by atoms with E-state index in [4.69, 9.17) is 5.26 Å². The van der Waals surface area contributed by atoms with E-state index >= 15 is 0 Å². The van der Waals surface area contributed by atoms with Gasteiger partial charge in [0.2, 0.25) is 0 Å². The Kier molecular flexibility index (Phi) is 4.01. The molecule has 2 unspecified atom stereocenters. The molecule has 2 N–H and O–H groups in total. The minimum absolute atomic E-state index is 0.1000. The standard InChI is InChI=1S/C9H9BrN2O2/c10-8-2-1-6(5-12-8)9(14)7(13)3-4-11/h1-2,5,7,9,13-14H,3H2.